The fourth-order valence-corrected chi connectivity index (χ4v) is 3.08. The number of Topliss-reactive ketones (excluding diaryl/α,β-unsaturated/α-hetero) is 1. The maximum Gasteiger partial charge on any atom is 0.358 e. The zero-order valence-corrected chi connectivity index (χ0v) is 11.9. The van der Waals surface area contributed by atoms with Gasteiger partial charge in [0.1, 0.15) is 4.88 Å². The van der Waals surface area contributed by atoms with Gasteiger partial charge in [0, 0.05) is 26.6 Å². The second-order valence-corrected chi connectivity index (χ2v) is 5.58. The number of carbonyl (C=O) groups excluding carboxylic acids is 2. The summed E-state index contributed by atoms with van der Waals surface area (Å²) in [5, 5.41) is 0.809. The zero-order valence-electron chi connectivity index (χ0n) is 11.1. The van der Waals surface area contributed by atoms with Crippen LogP contribution >= 0.6 is 11.3 Å². The van der Waals surface area contributed by atoms with Crippen LogP contribution in [0.4, 0.5) is 0 Å². The molecular formula is C13H17NO4S. The van der Waals surface area contributed by atoms with Crippen LogP contribution in [0.25, 0.3) is 0 Å². The molecule has 0 aliphatic carbocycles. The Labute approximate surface area is 115 Å². The van der Waals surface area contributed by atoms with Crippen LogP contribution in [0.1, 0.15) is 45.4 Å². The summed E-state index contributed by atoms with van der Waals surface area (Å²) in [6.45, 7) is 4.96. The molecule has 0 bridgehead atoms. The summed E-state index contributed by atoms with van der Waals surface area (Å²) in [6, 6.07) is 0. The number of carbonyl (C=O) groups is 2. The smallest absolute Gasteiger partial charge is 0.358 e. The van der Waals surface area contributed by atoms with Crippen molar-refractivity contribution in [2.24, 2.45) is 5.92 Å². The van der Waals surface area contributed by atoms with Crippen molar-refractivity contribution in [3.8, 4) is 0 Å². The SMILES string of the molecule is CCOC(=O)c1nc(CC2CCOC2)sc1C(C)=O. The van der Waals surface area contributed by atoms with Gasteiger partial charge in [-0.05, 0) is 19.3 Å². The quantitative estimate of drug-likeness (QED) is 0.611. The van der Waals surface area contributed by atoms with Gasteiger partial charge in [0.25, 0.3) is 0 Å². The number of hydrogen-bond acceptors (Lipinski definition) is 6. The lowest BCUT2D eigenvalue weighted by atomic mass is 10.1. The molecule has 0 amide bonds. The minimum absolute atomic E-state index is 0.144. The molecule has 0 radical (unpaired) electrons. The molecule has 1 saturated heterocycles. The predicted molar refractivity (Wildman–Crippen MR) is 70.7 cm³/mol. The lowest BCUT2D eigenvalue weighted by Gasteiger charge is -2.02. The summed E-state index contributed by atoms with van der Waals surface area (Å²) < 4.78 is 10.2. The topological polar surface area (TPSA) is 65.5 Å². The molecule has 1 fully saturated rings. The van der Waals surface area contributed by atoms with Gasteiger partial charge in [0.2, 0.25) is 0 Å². The van der Waals surface area contributed by atoms with Gasteiger partial charge in [0.05, 0.1) is 11.6 Å². The minimum Gasteiger partial charge on any atom is -0.461 e. The Bertz CT molecular complexity index is 477. The second kappa shape index (κ2) is 6.25. The van der Waals surface area contributed by atoms with Gasteiger partial charge in [0.15, 0.2) is 11.5 Å². The van der Waals surface area contributed by atoms with E-state index in [2.05, 4.69) is 4.98 Å². The third kappa shape index (κ3) is 3.39. The fraction of sp³-hybridized carbons (Fsp3) is 0.615. The third-order valence-electron chi connectivity index (χ3n) is 2.95. The van der Waals surface area contributed by atoms with Gasteiger partial charge in [-0.15, -0.1) is 11.3 Å². The molecule has 104 valence electrons. The van der Waals surface area contributed by atoms with E-state index in [1.807, 2.05) is 0 Å². The zero-order chi connectivity index (χ0) is 13.8. The van der Waals surface area contributed by atoms with Crippen molar-refractivity contribution in [2.45, 2.75) is 26.7 Å². The molecule has 0 N–H and O–H groups in total. The van der Waals surface area contributed by atoms with Crippen LogP contribution in [0.15, 0.2) is 0 Å². The van der Waals surface area contributed by atoms with E-state index in [0.717, 1.165) is 31.1 Å². The van der Waals surface area contributed by atoms with E-state index >= 15 is 0 Å². The first kappa shape index (κ1) is 14.1. The molecule has 1 aliphatic heterocycles. The van der Waals surface area contributed by atoms with Crippen molar-refractivity contribution in [1.29, 1.82) is 0 Å². The Balaban J connectivity index is 2.18. The van der Waals surface area contributed by atoms with Crippen LogP contribution in [0, 0.1) is 5.92 Å². The molecule has 1 aliphatic rings. The van der Waals surface area contributed by atoms with Crippen LogP contribution in [0.3, 0.4) is 0 Å². The highest BCUT2D eigenvalue weighted by Gasteiger charge is 2.24. The summed E-state index contributed by atoms with van der Waals surface area (Å²) in [7, 11) is 0. The molecule has 2 heterocycles. The third-order valence-corrected chi connectivity index (χ3v) is 4.13. The Morgan fingerprint density at radius 2 is 2.32 bits per heavy atom. The average Bonchev–Trinajstić information content (AvgIpc) is 2.99. The molecule has 2 rings (SSSR count). The molecular weight excluding hydrogens is 266 g/mol. The largest absolute Gasteiger partial charge is 0.461 e. The Hall–Kier alpha value is -1.27. The minimum atomic E-state index is -0.516. The van der Waals surface area contributed by atoms with E-state index in [1.165, 1.54) is 18.3 Å². The van der Waals surface area contributed by atoms with Crippen LogP contribution in [0.5, 0.6) is 0 Å². The molecule has 6 heteroatoms. The van der Waals surface area contributed by atoms with Crippen molar-refractivity contribution in [2.75, 3.05) is 19.8 Å². The van der Waals surface area contributed by atoms with Gasteiger partial charge in [-0.1, -0.05) is 0 Å². The van der Waals surface area contributed by atoms with Crippen molar-refractivity contribution < 1.29 is 19.1 Å². The van der Waals surface area contributed by atoms with E-state index < -0.39 is 5.97 Å². The highest BCUT2D eigenvalue weighted by Crippen LogP contribution is 2.25. The molecule has 5 nitrogen and oxygen atoms in total. The second-order valence-electron chi connectivity index (χ2n) is 4.50. The normalized spacial score (nSPS) is 18.5. The number of nitrogens with zero attached hydrogens (tertiary/aromatic N) is 1. The number of rotatable bonds is 5. The lowest BCUT2D eigenvalue weighted by molar-refractivity contribution is 0.0517. The first-order chi connectivity index (χ1) is 9.11. The number of esters is 1. The van der Waals surface area contributed by atoms with E-state index in [1.54, 1.807) is 6.92 Å². The summed E-state index contributed by atoms with van der Waals surface area (Å²) in [4.78, 5) is 28.0. The Kier molecular flexibility index (Phi) is 4.66. The molecule has 19 heavy (non-hydrogen) atoms. The van der Waals surface area contributed by atoms with Gasteiger partial charge in [-0.2, -0.15) is 0 Å². The molecule has 1 unspecified atom stereocenters. The average molecular weight is 283 g/mol. The van der Waals surface area contributed by atoms with Crippen molar-refractivity contribution in [1.82, 2.24) is 4.98 Å². The van der Waals surface area contributed by atoms with E-state index in [-0.39, 0.29) is 18.1 Å². The molecule has 0 spiro atoms. The first-order valence-corrected chi connectivity index (χ1v) is 7.19. The first-order valence-electron chi connectivity index (χ1n) is 6.37. The van der Waals surface area contributed by atoms with Gasteiger partial charge >= 0.3 is 5.97 Å². The van der Waals surface area contributed by atoms with Crippen LogP contribution < -0.4 is 0 Å². The Morgan fingerprint density at radius 1 is 1.53 bits per heavy atom. The van der Waals surface area contributed by atoms with Crippen LogP contribution in [-0.4, -0.2) is 36.6 Å². The van der Waals surface area contributed by atoms with Crippen molar-refractivity contribution in [3.63, 3.8) is 0 Å². The highest BCUT2D eigenvalue weighted by molar-refractivity contribution is 7.14. The predicted octanol–water partition coefficient (Wildman–Crippen LogP) is 2.10. The molecule has 0 aromatic carbocycles. The fourth-order valence-electron chi connectivity index (χ4n) is 2.02. The number of thiazole rings is 1. The lowest BCUT2D eigenvalue weighted by Crippen LogP contribution is -2.10. The summed E-state index contributed by atoms with van der Waals surface area (Å²) in [5.74, 6) is -0.228. The Morgan fingerprint density at radius 3 is 2.89 bits per heavy atom. The van der Waals surface area contributed by atoms with E-state index in [4.69, 9.17) is 9.47 Å². The number of ether oxygens (including phenoxy) is 2. The van der Waals surface area contributed by atoms with Gasteiger partial charge < -0.3 is 9.47 Å². The molecule has 1 aromatic heterocycles. The summed E-state index contributed by atoms with van der Waals surface area (Å²) in [5.41, 5.74) is 0.160. The monoisotopic (exact) mass is 283 g/mol. The maximum absolute atomic E-state index is 11.8. The number of aromatic nitrogens is 1. The van der Waals surface area contributed by atoms with Gasteiger partial charge in [-0.25, -0.2) is 9.78 Å². The highest BCUT2D eigenvalue weighted by atomic mass is 32.1. The molecule has 0 saturated carbocycles. The molecule has 1 atom stereocenters. The number of hydrogen-bond donors (Lipinski definition) is 0. The van der Waals surface area contributed by atoms with E-state index in [0.29, 0.717) is 10.8 Å². The van der Waals surface area contributed by atoms with Crippen LogP contribution in [-0.2, 0) is 15.9 Å². The molecule has 1 aromatic rings. The van der Waals surface area contributed by atoms with Crippen molar-refractivity contribution >= 4 is 23.1 Å². The van der Waals surface area contributed by atoms with Crippen molar-refractivity contribution in [3.05, 3.63) is 15.6 Å². The standard InChI is InChI=1S/C13H17NO4S/c1-3-18-13(16)11-12(8(2)15)19-10(14-11)6-9-4-5-17-7-9/h9H,3-7H2,1-2H3. The van der Waals surface area contributed by atoms with Crippen LogP contribution in [0.2, 0.25) is 0 Å². The maximum atomic E-state index is 11.8. The number of ketones is 1. The summed E-state index contributed by atoms with van der Waals surface area (Å²) >= 11 is 1.29. The van der Waals surface area contributed by atoms with E-state index in [9.17, 15) is 9.59 Å². The van der Waals surface area contributed by atoms with Gasteiger partial charge in [-0.3, -0.25) is 4.79 Å². The summed E-state index contributed by atoms with van der Waals surface area (Å²) in [6.07, 6.45) is 1.76.